The van der Waals surface area contributed by atoms with Gasteiger partial charge in [0.15, 0.2) is 0 Å². The number of aryl methyl sites for hydroxylation is 1. The molecule has 1 amide bonds. The van der Waals surface area contributed by atoms with Gasteiger partial charge >= 0.3 is 0 Å². The van der Waals surface area contributed by atoms with Crippen LogP contribution in [0.2, 0.25) is 0 Å². The minimum absolute atomic E-state index is 0.0823. The van der Waals surface area contributed by atoms with Crippen molar-refractivity contribution in [2.75, 3.05) is 18.0 Å². The molecule has 1 aromatic carbocycles. The standard InChI is InChI=1S/C21H30N4O/c1-15(2)20-22-10-13-25(20)17(4)21(26)23-18-8-11-24(12-9-18)19-7-5-6-16(3)14-19/h5-7,10,13-15,17-18H,8-9,11-12H2,1-4H3,(H,23,26)/t17-/m1/s1. The number of nitrogens with one attached hydrogen (secondary N) is 1. The minimum Gasteiger partial charge on any atom is -0.371 e. The molecule has 0 unspecified atom stereocenters. The molecule has 1 N–H and O–H groups in total. The maximum atomic E-state index is 12.7. The number of benzene rings is 1. The Balaban J connectivity index is 1.55. The molecule has 0 aliphatic carbocycles. The zero-order chi connectivity index (χ0) is 18.7. The van der Waals surface area contributed by atoms with Crippen molar-refractivity contribution in [3.05, 3.63) is 48.0 Å². The first-order valence-corrected chi connectivity index (χ1v) is 9.60. The van der Waals surface area contributed by atoms with E-state index in [4.69, 9.17) is 0 Å². The van der Waals surface area contributed by atoms with Gasteiger partial charge in [-0.1, -0.05) is 26.0 Å². The van der Waals surface area contributed by atoms with Crippen LogP contribution < -0.4 is 10.2 Å². The van der Waals surface area contributed by atoms with Crippen LogP contribution in [-0.4, -0.2) is 34.6 Å². The van der Waals surface area contributed by atoms with Gasteiger partial charge in [-0.05, 0) is 44.4 Å². The lowest BCUT2D eigenvalue weighted by molar-refractivity contribution is -0.124. The summed E-state index contributed by atoms with van der Waals surface area (Å²) in [5.74, 6) is 1.35. The van der Waals surface area contributed by atoms with Gasteiger partial charge in [-0.15, -0.1) is 0 Å². The van der Waals surface area contributed by atoms with Crippen molar-refractivity contribution in [2.24, 2.45) is 0 Å². The second-order valence-electron chi connectivity index (χ2n) is 7.63. The van der Waals surface area contributed by atoms with Crippen molar-refractivity contribution in [2.45, 2.75) is 58.5 Å². The predicted octanol–water partition coefficient (Wildman–Crippen LogP) is 3.66. The molecule has 0 spiro atoms. The Morgan fingerprint density at radius 2 is 1.96 bits per heavy atom. The topological polar surface area (TPSA) is 50.2 Å². The van der Waals surface area contributed by atoms with Gasteiger partial charge in [0.05, 0.1) is 0 Å². The maximum absolute atomic E-state index is 12.7. The molecule has 1 saturated heterocycles. The number of hydrogen-bond acceptors (Lipinski definition) is 3. The first kappa shape index (κ1) is 18.5. The van der Waals surface area contributed by atoms with Gasteiger partial charge in [0.1, 0.15) is 11.9 Å². The van der Waals surface area contributed by atoms with E-state index >= 15 is 0 Å². The number of aromatic nitrogens is 2. The number of anilines is 1. The minimum atomic E-state index is -0.232. The predicted molar refractivity (Wildman–Crippen MR) is 106 cm³/mol. The van der Waals surface area contributed by atoms with Crippen LogP contribution in [-0.2, 0) is 4.79 Å². The molecule has 3 rings (SSSR count). The van der Waals surface area contributed by atoms with E-state index in [1.165, 1.54) is 11.3 Å². The van der Waals surface area contributed by atoms with Gasteiger partial charge in [-0.3, -0.25) is 4.79 Å². The van der Waals surface area contributed by atoms with Crippen molar-refractivity contribution < 1.29 is 4.79 Å². The van der Waals surface area contributed by atoms with Crippen molar-refractivity contribution in [1.82, 2.24) is 14.9 Å². The zero-order valence-corrected chi connectivity index (χ0v) is 16.3. The van der Waals surface area contributed by atoms with Gasteiger partial charge in [0.2, 0.25) is 5.91 Å². The quantitative estimate of drug-likeness (QED) is 0.891. The number of carbonyl (C=O) groups is 1. The molecule has 5 heteroatoms. The summed E-state index contributed by atoms with van der Waals surface area (Å²) in [5, 5.41) is 3.24. The maximum Gasteiger partial charge on any atom is 0.243 e. The molecule has 2 aromatic rings. The summed E-state index contributed by atoms with van der Waals surface area (Å²) in [6.45, 7) is 10.2. The molecule has 1 atom stereocenters. The number of piperidine rings is 1. The van der Waals surface area contributed by atoms with Gasteiger partial charge in [-0.25, -0.2) is 4.98 Å². The Bertz CT molecular complexity index is 744. The lowest BCUT2D eigenvalue weighted by atomic mass is 10.0. The number of carbonyl (C=O) groups excluding carboxylic acids is 1. The Hall–Kier alpha value is -2.30. The highest BCUT2D eigenvalue weighted by molar-refractivity contribution is 5.80. The molecule has 0 radical (unpaired) electrons. The fourth-order valence-electron chi connectivity index (χ4n) is 3.65. The average Bonchev–Trinajstić information content (AvgIpc) is 3.11. The van der Waals surface area contributed by atoms with Crippen LogP contribution in [0, 0.1) is 6.92 Å². The number of imidazole rings is 1. The van der Waals surface area contributed by atoms with Crippen molar-refractivity contribution >= 4 is 11.6 Å². The summed E-state index contributed by atoms with van der Waals surface area (Å²) in [7, 11) is 0. The van der Waals surface area contributed by atoms with E-state index in [1.807, 2.05) is 17.7 Å². The van der Waals surface area contributed by atoms with Crippen LogP contribution in [0.3, 0.4) is 0 Å². The summed E-state index contributed by atoms with van der Waals surface area (Å²) < 4.78 is 1.99. The molecule has 2 heterocycles. The first-order valence-electron chi connectivity index (χ1n) is 9.60. The fourth-order valence-corrected chi connectivity index (χ4v) is 3.65. The number of rotatable bonds is 5. The molecular formula is C21H30N4O. The SMILES string of the molecule is Cc1cccc(N2CCC(NC(=O)[C@@H](C)n3ccnc3C(C)C)CC2)c1. The number of hydrogen-bond donors (Lipinski definition) is 1. The van der Waals surface area contributed by atoms with Crippen molar-refractivity contribution in [3.8, 4) is 0 Å². The summed E-state index contributed by atoms with van der Waals surface area (Å²) in [6.07, 6.45) is 5.64. The lowest BCUT2D eigenvalue weighted by Crippen LogP contribution is -2.46. The Morgan fingerprint density at radius 3 is 2.62 bits per heavy atom. The van der Waals surface area contributed by atoms with Gasteiger partial charge in [-0.2, -0.15) is 0 Å². The highest BCUT2D eigenvalue weighted by atomic mass is 16.2. The lowest BCUT2D eigenvalue weighted by Gasteiger charge is -2.34. The molecule has 140 valence electrons. The fraction of sp³-hybridized carbons (Fsp3) is 0.524. The van der Waals surface area contributed by atoms with Crippen LogP contribution in [0.5, 0.6) is 0 Å². The van der Waals surface area contributed by atoms with Gasteiger partial charge in [0.25, 0.3) is 0 Å². The number of amides is 1. The third kappa shape index (κ3) is 4.09. The summed E-state index contributed by atoms with van der Waals surface area (Å²) in [5.41, 5.74) is 2.57. The summed E-state index contributed by atoms with van der Waals surface area (Å²) in [4.78, 5) is 19.5. The zero-order valence-electron chi connectivity index (χ0n) is 16.3. The van der Waals surface area contributed by atoms with E-state index in [1.54, 1.807) is 6.20 Å². The number of nitrogens with zero attached hydrogens (tertiary/aromatic N) is 3. The monoisotopic (exact) mass is 354 g/mol. The highest BCUT2D eigenvalue weighted by Gasteiger charge is 2.25. The highest BCUT2D eigenvalue weighted by Crippen LogP contribution is 2.22. The summed E-state index contributed by atoms with van der Waals surface area (Å²) in [6, 6.07) is 8.65. The molecule has 26 heavy (non-hydrogen) atoms. The van der Waals surface area contributed by atoms with Crippen molar-refractivity contribution in [3.63, 3.8) is 0 Å². The molecule has 0 bridgehead atoms. The largest absolute Gasteiger partial charge is 0.371 e. The van der Waals surface area contributed by atoms with Crippen LogP contribution >= 0.6 is 0 Å². The van der Waals surface area contributed by atoms with E-state index in [-0.39, 0.29) is 18.0 Å². The molecule has 1 aliphatic heterocycles. The van der Waals surface area contributed by atoms with E-state index in [9.17, 15) is 4.79 Å². The molecule has 1 aromatic heterocycles. The second-order valence-corrected chi connectivity index (χ2v) is 7.63. The normalized spacial score (nSPS) is 16.7. The van der Waals surface area contributed by atoms with Crippen LogP contribution in [0.25, 0.3) is 0 Å². The molecular weight excluding hydrogens is 324 g/mol. The van der Waals surface area contributed by atoms with Gasteiger partial charge < -0.3 is 14.8 Å². The smallest absolute Gasteiger partial charge is 0.243 e. The van der Waals surface area contributed by atoms with E-state index in [2.05, 4.69) is 60.2 Å². The third-order valence-corrected chi connectivity index (χ3v) is 5.22. The summed E-state index contributed by atoms with van der Waals surface area (Å²) >= 11 is 0. The Labute approximate surface area is 156 Å². The van der Waals surface area contributed by atoms with Crippen LogP contribution in [0.15, 0.2) is 36.7 Å². The van der Waals surface area contributed by atoms with Crippen LogP contribution in [0.1, 0.15) is 57.0 Å². The Kier molecular flexibility index (Phi) is 5.64. The first-order chi connectivity index (χ1) is 12.5. The van der Waals surface area contributed by atoms with Gasteiger partial charge in [0, 0.05) is 43.1 Å². The second kappa shape index (κ2) is 7.94. The van der Waals surface area contributed by atoms with E-state index in [0.29, 0.717) is 5.92 Å². The average molecular weight is 354 g/mol. The molecule has 0 saturated carbocycles. The Morgan fingerprint density at radius 1 is 1.23 bits per heavy atom. The molecule has 1 aliphatic rings. The molecule has 5 nitrogen and oxygen atoms in total. The van der Waals surface area contributed by atoms with E-state index in [0.717, 1.165) is 31.8 Å². The molecule has 1 fully saturated rings. The van der Waals surface area contributed by atoms with E-state index < -0.39 is 0 Å². The van der Waals surface area contributed by atoms with Crippen LogP contribution in [0.4, 0.5) is 5.69 Å². The van der Waals surface area contributed by atoms with Crippen molar-refractivity contribution in [1.29, 1.82) is 0 Å². The third-order valence-electron chi connectivity index (χ3n) is 5.22.